The van der Waals surface area contributed by atoms with Gasteiger partial charge in [-0.3, -0.25) is 4.90 Å². The Morgan fingerprint density at radius 1 is 1.20 bits per heavy atom. The molecule has 0 aromatic carbocycles. The highest BCUT2D eigenvalue weighted by molar-refractivity contribution is 7.10. The van der Waals surface area contributed by atoms with E-state index >= 15 is 0 Å². The molecule has 0 aliphatic rings. The van der Waals surface area contributed by atoms with Crippen molar-refractivity contribution < 1.29 is 0 Å². The lowest BCUT2D eigenvalue weighted by atomic mass is 10.2. The Labute approximate surface area is 132 Å². The Morgan fingerprint density at radius 2 is 1.90 bits per heavy atom. The third-order valence-electron chi connectivity index (χ3n) is 3.80. The maximum Gasteiger partial charge on any atom is 0.0564 e. The highest BCUT2D eigenvalue weighted by Crippen LogP contribution is 2.28. The van der Waals surface area contributed by atoms with E-state index in [0.717, 1.165) is 37.7 Å². The fourth-order valence-electron chi connectivity index (χ4n) is 2.52. The van der Waals surface area contributed by atoms with Gasteiger partial charge in [0.2, 0.25) is 0 Å². The summed E-state index contributed by atoms with van der Waals surface area (Å²) >= 11 is 7.75. The molecular weight excluding hydrogens is 290 g/mol. The zero-order chi connectivity index (χ0) is 15.0. The van der Waals surface area contributed by atoms with E-state index < -0.39 is 0 Å². The number of nitrogens with two attached hydrogens (primary N) is 1. The van der Waals surface area contributed by atoms with Crippen LogP contribution in [0.4, 0.5) is 0 Å². The Balaban J connectivity index is 2.54. The van der Waals surface area contributed by atoms with Crippen LogP contribution in [0.25, 0.3) is 0 Å². The third kappa shape index (κ3) is 5.34. The summed E-state index contributed by atoms with van der Waals surface area (Å²) in [5, 5.41) is 2.81. The van der Waals surface area contributed by atoms with Crippen LogP contribution >= 0.6 is 22.9 Å². The molecule has 0 bridgehead atoms. The average Bonchev–Trinajstić information content (AvgIpc) is 2.88. The lowest BCUT2D eigenvalue weighted by Gasteiger charge is -2.30. The Hall–Kier alpha value is -0.130. The first-order chi connectivity index (χ1) is 9.65. The Kier molecular flexibility index (Phi) is 8.73. The van der Waals surface area contributed by atoms with Gasteiger partial charge in [-0.15, -0.1) is 11.3 Å². The number of likely N-dealkylation sites (N-methyl/N-ethyl adjacent to an activating group) is 1. The molecule has 20 heavy (non-hydrogen) atoms. The minimum absolute atomic E-state index is 0.300. The zero-order valence-corrected chi connectivity index (χ0v) is 14.5. The maximum atomic E-state index is 6.04. The Morgan fingerprint density at radius 3 is 2.35 bits per heavy atom. The predicted molar refractivity (Wildman–Crippen MR) is 90.8 cm³/mol. The molecule has 0 fully saturated rings. The summed E-state index contributed by atoms with van der Waals surface area (Å²) in [6.07, 6.45) is 1.19. The van der Waals surface area contributed by atoms with Crippen LogP contribution in [0, 0.1) is 0 Å². The standard InChI is InChI=1S/C15H28ClN3S/c1-4-18(5-2)8-7-9-19(6-3)14(11-17)15-10-13(16)12-20-15/h10,12,14H,4-9,11,17H2,1-3H3. The van der Waals surface area contributed by atoms with Crippen LogP contribution in [0.1, 0.15) is 38.1 Å². The van der Waals surface area contributed by atoms with Crippen molar-refractivity contribution in [3.05, 3.63) is 21.3 Å². The number of thiophene rings is 1. The van der Waals surface area contributed by atoms with Crippen molar-refractivity contribution in [2.45, 2.75) is 33.2 Å². The summed E-state index contributed by atoms with van der Waals surface area (Å²) in [6.45, 7) is 12.8. The van der Waals surface area contributed by atoms with Crippen molar-refractivity contribution in [3.63, 3.8) is 0 Å². The lowest BCUT2D eigenvalue weighted by molar-refractivity contribution is 0.195. The van der Waals surface area contributed by atoms with Gasteiger partial charge in [-0.2, -0.15) is 0 Å². The topological polar surface area (TPSA) is 32.5 Å². The van der Waals surface area contributed by atoms with Gasteiger partial charge in [-0.1, -0.05) is 32.4 Å². The average molecular weight is 318 g/mol. The summed E-state index contributed by atoms with van der Waals surface area (Å²) in [4.78, 5) is 6.21. The first kappa shape index (κ1) is 17.9. The maximum absolute atomic E-state index is 6.04. The van der Waals surface area contributed by atoms with Crippen molar-refractivity contribution in [1.82, 2.24) is 9.80 Å². The van der Waals surface area contributed by atoms with E-state index in [2.05, 4.69) is 36.6 Å². The summed E-state index contributed by atoms with van der Waals surface area (Å²) in [7, 11) is 0. The van der Waals surface area contributed by atoms with E-state index in [4.69, 9.17) is 17.3 Å². The molecule has 0 amide bonds. The van der Waals surface area contributed by atoms with E-state index in [1.165, 1.54) is 11.3 Å². The summed E-state index contributed by atoms with van der Waals surface area (Å²) in [6, 6.07) is 2.35. The van der Waals surface area contributed by atoms with Crippen molar-refractivity contribution in [1.29, 1.82) is 0 Å². The van der Waals surface area contributed by atoms with Gasteiger partial charge in [0.05, 0.1) is 11.1 Å². The molecule has 0 radical (unpaired) electrons. The van der Waals surface area contributed by atoms with Gasteiger partial charge >= 0.3 is 0 Å². The van der Waals surface area contributed by atoms with Gasteiger partial charge < -0.3 is 10.6 Å². The van der Waals surface area contributed by atoms with Crippen LogP contribution in [0.2, 0.25) is 5.02 Å². The first-order valence-corrected chi connectivity index (χ1v) is 8.82. The highest BCUT2D eigenvalue weighted by atomic mass is 35.5. The second-order valence-corrected chi connectivity index (χ2v) is 6.31. The fraction of sp³-hybridized carbons (Fsp3) is 0.733. The molecule has 1 atom stereocenters. The molecule has 2 N–H and O–H groups in total. The number of rotatable bonds is 10. The summed E-state index contributed by atoms with van der Waals surface area (Å²) < 4.78 is 0. The molecule has 0 aliphatic carbocycles. The van der Waals surface area contributed by atoms with Crippen molar-refractivity contribution >= 4 is 22.9 Å². The molecule has 116 valence electrons. The van der Waals surface area contributed by atoms with Gasteiger partial charge in [0, 0.05) is 23.3 Å². The fourth-order valence-corrected chi connectivity index (χ4v) is 3.75. The molecule has 1 aromatic heterocycles. The molecular formula is C15H28ClN3S. The van der Waals surface area contributed by atoms with Crippen LogP contribution in [0.15, 0.2) is 11.4 Å². The van der Waals surface area contributed by atoms with Crippen LogP contribution in [0.3, 0.4) is 0 Å². The zero-order valence-electron chi connectivity index (χ0n) is 12.9. The van der Waals surface area contributed by atoms with Gasteiger partial charge in [-0.25, -0.2) is 0 Å². The monoisotopic (exact) mass is 317 g/mol. The second kappa shape index (κ2) is 9.74. The van der Waals surface area contributed by atoms with E-state index in [0.29, 0.717) is 12.6 Å². The van der Waals surface area contributed by atoms with E-state index in [9.17, 15) is 0 Å². The summed E-state index contributed by atoms with van der Waals surface area (Å²) in [5.41, 5.74) is 5.99. The largest absolute Gasteiger partial charge is 0.329 e. The highest BCUT2D eigenvalue weighted by Gasteiger charge is 2.19. The molecule has 5 heteroatoms. The van der Waals surface area contributed by atoms with Crippen LogP contribution in [0.5, 0.6) is 0 Å². The number of hydrogen-bond acceptors (Lipinski definition) is 4. The second-order valence-electron chi connectivity index (χ2n) is 4.93. The molecule has 1 unspecified atom stereocenters. The molecule has 1 heterocycles. The normalized spacial score (nSPS) is 13.3. The van der Waals surface area contributed by atoms with Crippen LogP contribution in [-0.4, -0.2) is 49.1 Å². The molecule has 0 saturated carbocycles. The molecule has 3 nitrogen and oxygen atoms in total. The predicted octanol–water partition coefficient (Wildman–Crippen LogP) is 3.46. The minimum Gasteiger partial charge on any atom is -0.329 e. The Bertz CT molecular complexity index is 366. The van der Waals surface area contributed by atoms with Gasteiger partial charge in [0.1, 0.15) is 0 Å². The van der Waals surface area contributed by atoms with Crippen molar-refractivity contribution in [2.24, 2.45) is 5.73 Å². The third-order valence-corrected chi connectivity index (χ3v) is 5.18. The number of halogens is 1. The van der Waals surface area contributed by atoms with Crippen molar-refractivity contribution in [2.75, 3.05) is 39.3 Å². The summed E-state index contributed by atoms with van der Waals surface area (Å²) in [5.74, 6) is 0. The molecule has 0 spiro atoms. The van der Waals surface area contributed by atoms with Gasteiger partial charge in [0.25, 0.3) is 0 Å². The van der Waals surface area contributed by atoms with Gasteiger partial charge in [-0.05, 0) is 38.7 Å². The van der Waals surface area contributed by atoms with Gasteiger partial charge in [0.15, 0.2) is 0 Å². The number of hydrogen-bond donors (Lipinski definition) is 1. The molecule has 0 saturated heterocycles. The number of nitrogens with zero attached hydrogens (tertiary/aromatic N) is 2. The smallest absolute Gasteiger partial charge is 0.0564 e. The van der Waals surface area contributed by atoms with E-state index in [-0.39, 0.29) is 0 Å². The quantitative estimate of drug-likeness (QED) is 0.717. The van der Waals surface area contributed by atoms with Crippen LogP contribution < -0.4 is 5.73 Å². The van der Waals surface area contributed by atoms with E-state index in [1.807, 2.05) is 5.38 Å². The molecule has 1 rings (SSSR count). The van der Waals surface area contributed by atoms with E-state index in [1.54, 1.807) is 11.3 Å². The van der Waals surface area contributed by atoms with Crippen molar-refractivity contribution in [3.8, 4) is 0 Å². The lowest BCUT2D eigenvalue weighted by Crippen LogP contribution is -2.35. The minimum atomic E-state index is 0.300. The first-order valence-electron chi connectivity index (χ1n) is 7.56. The molecule has 0 aliphatic heterocycles. The SMILES string of the molecule is CCN(CC)CCCN(CC)C(CN)c1cc(Cl)cs1. The van der Waals surface area contributed by atoms with Crippen LogP contribution in [-0.2, 0) is 0 Å². The molecule has 1 aromatic rings.